The summed E-state index contributed by atoms with van der Waals surface area (Å²) >= 11 is 6.20. The van der Waals surface area contributed by atoms with Crippen LogP contribution in [0.25, 0.3) is 11.0 Å². The second-order valence-corrected chi connectivity index (χ2v) is 12.0. The van der Waals surface area contributed by atoms with Gasteiger partial charge in [-0.2, -0.15) is 0 Å². The minimum atomic E-state index is -0.635. The fourth-order valence-electron chi connectivity index (χ4n) is 5.36. The molecule has 1 N–H and O–H groups in total. The van der Waals surface area contributed by atoms with Gasteiger partial charge in [0, 0.05) is 56.8 Å². The van der Waals surface area contributed by atoms with Crippen molar-refractivity contribution < 1.29 is 19.1 Å². The molecule has 1 fully saturated rings. The number of imidazole rings is 1. The molecule has 2 unspecified atom stereocenters. The minimum absolute atomic E-state index is 0.00910. The second-order valence-electron chi connectivity index (χ2n) is 11.5. The van der Waals surface area contributed by atoms with Gasteiger partial charge in [-0.15, -0.1) is 0 Å². The molecular formula is C31H41ClN4O4. The maximum atomic E-state index is 13.6. The Morgan fingerprint density at radius 3 is 2.73 bits per heavy atom. The van der Waals surface area contributed by atoms with E-state index >= 15 is 0 Å². The Morgan fingerprint density at radius 1 is 1.18 bits per heavy atom. The van der Waals surface area contributed by atoms with Gasteiger partial charge in [-0.1, -0.05) is 35.9 Å². The third-order valence-corrected chi connectivity index (χ3v) is 7.30. The molecule has 0 aliphatic carbocycles. The van der Waals surface area contributed by atoms with E-state index in [1.54, 1.807) is 7.11 Å². The molecular weight excluding hydrogens is 528 g/mol. The van der Waals surface area contributed by atoms with E-state index in [4.69, 9.17) is 26.1 Å². The zero-order chi connectivity index (χ0) is 28.7. The lowest BCUT2D eigenvalue weighted by Gasteiger charge is -2.34. The third kappa shape index (κ3) is 8.21. The minimum Gasteiger partial charge on any atom is -0.444 e. The second kappa shape index (κ2) is 13.5. The van der Waals surface area contributed by atoms with Crippen LogP contribution in [0.4, 0.5) is 4.79 Å². The summed E-state index contributed by atoms with van der Waals surface area (Å²) in [6.45, 7) is 8.24. The van der Waals surface area contributed by atoms with Gasteiger partial charge in [-0.05, 0) is 76.3 Å². The Morgan fingerprint density at radius 2 is 1.98 bits per heavy atom. The van der Waals surface area contributed by atoms with Crippen LogP contribution in [0.2, 0.25) is 5.02 Å². The van der Waals surface area contributed by atoms with Crippen LogP contribution in [0.3, 0.4) is 0 Å². The molecule has 1 aromatic heterocycles. The molecule has 8 nitrogen and oxygen atoms in total. The van der Waals surface area contributed by atoms with Crippen LogP contribution < -0.4 is 5.32 Å². The summed E-state index contributed by atoms with van der Waals surface area (Å²) < 4.78 is 13.1. The molecule has 0 spiro atoms. The number of carbonyl (C=O) groups excluding carboxylic acids is 2. The highest BCUT2D eigenvalue weighted by Crippen LogP contribution is 2.30. The number of hydrogen-bond donors (Lipinski definition) is 1. The van der Waals surface area contributed by atoms with Crippen molar-refractivity contribution in [1.29, 1.82) is 0 Å². The number of halogens is 1. The van der Waals surface area contributed by atoms with Gasteiger partial charge in [-0.25, -0.2) is 9.78 Å². The number of hydrogen-bond acceptors (Lipinski definition) is 5. The van der Waals surface area contributed by atoms with E-state index in [0.29, 0.717) is 31.1 Å². The van der Waals surface area contributed by atoms with Crippen molar-refractivity contribution in [1.82, 2.24) is 19.8 Å². The predicted molar refractivity (Wildman–Crippen MR) is 158 cm³/mol. The molecule has 9 heteroatoms. The highest BCUT2D eigenvalue weighted by Gasteiger charge is 2.30. The van der Waals surface area contributed by atoms with Crippen molar-refractivity contribution in [3.63, 3.8) is 0 Å². The van der Waals surface area contributed by atoms with E-state index in [2.05, 4.69) is 16.0 Å². The average molecular weight is 569 g/mol. The maximum absolute atomic E-state index is 13.6. The number of nitrogens with zero attached hydrogens (tertiary/aromatic N) is 3. The molecule has 40 heavy (non-hydrogen) atoms. The number of aryl methyl sites for hydroxylation is 1. The van der Waals surface area contributed by atoms with Gasteiger partial charge in [0.1, 0.15) is 11.4 Å². The van der Waals surface area contributed by atoms with Crippen LogP contribution in [0.1, 0.15) is 63.8 Å². The van der Waals surface area contributed by atoms with Crippen LogP contribution in [0.15, 0.2) is 48.5 Å². The van der Waals surface area contributed by atoms with Gasteiger partial charge in [0.2, 0.25) is 5.91 Å². The Labute approximate surface area is 242 Å². The summed E-state index contributed by atoms with van der Waals surface area (Å²) in [6.07, 6.45) is 2.87. The quantitative estimate of drug-likeness (QED) is 0.305. The van der Waals surface area contributed by atoms with Crippen molar-refractivity contribution in [2.24, 2.45) is 0 Å². The van der Waals surface area contributed by atoms with Gasteiger partial charge in [0.05, 0.1) is 11.0 Å². The number of piperidine rings is 1. The lowest BCUT2D eigenvalue weighted by Crippen LogP contribution is -2.46. The largest absolute Gasteiger partial charge is 0.444 e. The highest BCUT2D eigenvalue weighted by molar-refractivity contribution is 6.30. The van der Waals surface area contributed by atoms with E-state index in [0.717, 1.165) is 48.2 Å². The van der Waals surface area contributed by atoms with E-state index in [-0.39, 0.29) is 18.2 Å². The molecule has 0 bridgehead atoms. The predicted octanol–water partition coefficient (Wildman–Crippen LogP) is 5.96. The number of para-hydroxylation sites is 2. The fourth-order valence-corrected chi connectivity index (χ4v) is 5.57. The number of fused-ring (bicyclic) bond motifs is 1. The molecule has 216 valence electrons. The molecule has 2 amide bonds. The first-order valence-electron chi connectivity index (χ1n) is 14.1. The van der Waals surface area contributed by atoms with Crippen molar-refractivity contribution in [3.8, 4) is 0 Å². The van der Waals surface area contributed by atoms with Crippen LogP contribution >= 0.6 is 11.6 Å². The zero-order valence-corrected chi connectivity index (χ0v) is 24.7. The Hall–Kier alpha value is -3.10. The molecule has 1 saturated heterocycles. The summed E-state index contributed by atoms with van der Waals surface area (Å²) in [7, 11) is 1.72. The molecule has 1 aliphatic heterocycles. The van der Waals surface area contributed by atoms with Gasteiger partial charge < -0.3 is 24.3 Å². The number of benzene rings is 2. The van der Waals surface area contributed by atoms with Crippen molar-refractivity contribution in [2.75, 3.05) is 26.8 Å². The molecule has 3 aromatic rings. The van der Waals surface area contributed by atoms with Crippen LogP contribution in [-0.4, -0.2) is 64.9 Å². The van der Waals surface area contributed by atoms with E-state index in [9.17, 15) is 9.59 Å². The Bertz CT molecular complexity index is 1300. The number of amides is 2. The summed E-state index contributed by atoms with van der Waals surface area (Å²) in [5.74, 6) is 1.17. The zero-order valence-electron chi connectivity index (χ0n) is 24.0. The van der Waals surface area contributed by atoms with Gasteiger partial charge >= 0.3 is 6.09 Å². The lowest BCUT2D eigenvalue weighted by molar-refractivity contribution is -0.132. The fraction of sp³-hybridized carbons (Fsp3) is 0.516. The normalized spacial score (nSPS) is 16.6. The molecule has 2 heterocycles. The first-order valence-corrected chi connectivity index (χ1v) is 14.5. The van der Waals surface area contributed by atoms with Crippen LogP contribution in [0, 0.1) is 0 Å². The highest BCUT2D eigenvalue weighted by atomic mass is 35.5. The summed E-state index contributed by atoms with van der Waals surface area (Å²) in [5, 5.41) is 3.55. The first-order chi connectivity index (χ1) is 19.1. The van der Waals surface area contributed by atoms with E-state index < -0.39 is 17.7 Å². The number of nitrogens with one attached hydrogen (secondary N) is 1. The molecule has 1 aliphatic rings. The number of carbonyl (C=O) groups is 2. The third-order valence-electron chi connectivity index (χ3n) is 7.07. The number of ether oxygens (including phenoxy) is 2. The molecule has 2 atom stereocenters. The number of alkyl carbamates (subject to hydrolysis) is 1. The molecule has 4 rings (SSSR count). The van der Waals surface area contributed by atoms with Crippen LogP contribution in [0.5, 0.6) is 0 Å². The van der Waals surface area contributed by atoms with Crippen LogP contribution in [-0.2, 0) is 27.2 Å². The van der Waals surface area contributed by atoms with Crippen molar-refractivity contribution in [3.05, 3.63) is 64.9 Å². The maximum Gasteiger partial charge on any atom is 0.407 e. The Balaban J connectivity index is 1.49. The van der Waals surface area contributed by atoms with Crippen molar-refractivity contribution >= 4 is 34.6 Å². The number of aromatic nitrogens is 2. The van der Waals surface area contributed by atoms with Gasteiger partial charge in [-0.3, -0.25) is 4.79 Å². The summed E-state index contributed by atoms with van der Waals surface area (Å²) in [6, 6.07) is 15.3. The number of rotatable bonds is 10. The average Bonchev–Trinajstić information content (AvgIpc) is 3.26. The van der Waals surface area contributed by atoms with E-state index in [1.807, 2.05) is 68.1 Å². The molecule has 0 saturated carbocycles. The summed E-state index contributed by atoms with van der Waals surface area (Å²) in [4.78, 5) is 33.2. The van der Waals surface area contributed by atoms with Gasteiger partial charge in [0.15, 0.2) is 0 Å². The van der Waals surface area contributed by atoms with Gasteiger partial charge in [0.25, 0.3) is 0 Å². The number of methoxy groups -OCH3 is 1. The SMILES string of the molecule is COCCCn1c(C2CCCN(C(=O)CC(Cc3cccc(Cl)c3)NC(=O)OC(C)(C)C)C2)nc2ccccc21. The number of likely N-dealkylation sites (tertiary alicyclic amines) is 1. The van der Waals surface area contributed by atoms with E-state index in [1.165, 1.54) is 0 Å². The first kappa shape index (κ1) is 29.9. The monoisotopic (exact) mass is 568 g/mol. The lowest BCUT2D eigenvalue weighted by atomic mass is 9.95. The smallest absolute Gasteiger partial charge is 0.407 e. The molecule has 0 radical (unpaired) electrons. The topological polar surface area (TPSA) is 85.7 Å². The summed E-state index contributed by atoms with van der Waals surface area (Å²) in [5.41, 5.74) is 2.40. The molecule has 2 aromatic carbocycles. The Kier molecular flexibility index (Phi) is 10.1. The standard InChI is InChI=1S/C31H41ClN4O4/c1-31(2,3)40-30(38)33-25(19-22-10-7-12-24(32)18-22)20-28(37)35-15-8-11-23(21-35)29-34-26-13-5-6-14-27(26)36(29)16-9-17-39-4/h5-7,10,12-14,18,23,25H,8-9,11,15-17,19-21H2,1-4H3,(H,33,38). The van der Waals surface area contributed by atoms with Crippen molar-refractivity contribution in [2.45, 2.75) is 77.0 Å².